The lowest BCUT2D eigenvalue weighted by Gasteiger charge is -2.09. The van der Waals surface area contributed by atoms with Gasteiger partial charge in [-0.05, 0) is 29.8 Å². The number of amides is 1. The van der Waals surface area contributed by atoms with Gasteiger partial charge in [-0.1, -0.05) is 12.1 Å². The van der Waals surface area contributed by atoms with Crippen molar-refractivity contribution in [2.45, 2.75) is 6.54 Å². The van der Waals surface area contributed by atoms with E-state index in [1.54, 1.807) is 24.3 Å². The predicted molar refractivity (Wildman–Crippen MR) is 74.8 cm³/mol. The van der Waals surface area contributed by atoms with Gasteiger partial charge in [0.2, 0.25) is 0 Å². The summed E-state index contributed by atoms with van der Waals surface area (Å²) in [5, 5.41) is 3.05. The zero-order valence-electron chi connectivity index (χ0n) is 11.1. The molecule has 0 saturated heterocycles. The molecule has 0 aliphatic rings. The summed E-state index contributed by atoms with van der Waals surface area (Å²) in [6.07, 6.45) is 0. The maximum absolute atomic E-state index is 13.1. The zero-order valence-corrected chi connectivity index (χ0v) is 11.1. The number of ether oxygens (including phenoxy) is 1. The van der Waals surface area contributed by atoms with Gasteiger partial charge < -0.3 is 15.8 Å². The van der Waals surface area contributed by atoms with Gasteiger partial charge in [-0.3, -0.25) is 4.79 Å². The average molecular weight is 292 g/mol. The van der Waals surface area contributed by atoms with Crippen LogP contribution in [-0.4, -0.2) is 12.5 Å². The van der Waals surface area contributed by atoms with Gasteiger partial charge in [-0.15, -0.1) is 0 Å². The van der Waals surface area contributed by atoms with Crippen molar-refractivity contribution in [3.63, 3.8) is 0 Å². The number of primary amides is 1. The molecule has 0 bridgehead atoms. The molecule has 0 aliphatic heterocycles. The molecule has 0 saturated carbocycles. The van der Waals surface area contributed by atoms with Crippen LogP contribution in [0.2, 0.25) is 0 Å². The first-order valence-electron chi connectivity index (χ1n) is 6.23. The van der Waals surface area contributed by atoms with Crippen molar-refractivity contribution in [1.29, 1.82) is 0 Å². The number of halogens is 2. The Labute approximate surface area is 120 Å². The molecule has 0 aromatic heterocycles. The Bertz CT molecular complexity index is 647. The molecule has 3 N–H and O–H groups in total. The number of nitrogens with one attached hydrogen (secondary N) is 1. The minimum Gasteiger partial charge on any atom is -0.484 e. The summed E-state index contributed by atoms with van der Waals surface area (Å²) in [6.45, 7) is 0.128. The summed E-state index contributed by atoms with van der Waals surface area (Å²) < 4.78 is 31.1. The van der Waals surface area contributed by atoms with Gasteiger partial charge in [0, 0.05) is 18.3 Å². The van der Waals surface area contributed by atoms with Crippen LogP contribution in [0.5, 0.6) is 5.75 Å². The maximum Gasteiger partial charge on any atom is 0.255 e. The standard InChI is InChI=1S/C15H14F2N2O2/c16-13-5-4-10(6-14(13)17)8-19-11-2-1-3-12(7-11)21-9-15(18)20/h1-7,19H,8-9H2,(H2,18,20). The van der Waals surface area contributed by atoms with Crippen molar-refractivity contribution in [3.05, 3.63) is 59.7 Å². The number of hydrogen-bond acceptors (Lipinski definition) is 3. The lowest BCUT2D eigenvalue weighted by Crippen LogP contribution is -2.20. The molecule has 0 unspecified atom stereocenters. The predicted octanol–water partition coefficient (Wildman–Crippen LogP) is 2.44. The first-order valence-corrected chi connectivity index (χ1v) is 6.23. The van der Waals surface area contributed by atoms with Gasteiger partial charge in [0.05, 0.1) is 0 Å². The molecule has 21 heavy (non-hydrogen) atoms. The van der Waals surface area contributed by atoms with E-state index in [0.29, 0.717) is 17.9 Å². The largest absolute Gasteiger partial charge is 0.484 e. The summed E-state index contributed by atoms with van der Waals surface area (Å²) in [7, 11) is 0. The zero-order chi connectivity index (χ0) is 15.2. The molecule has 6 heteroatoms. The number of carbonyl (C=O) groups excluding carboxylic acids is 1. The first-order chi connectivity index (χ1) is 10.0. The van der Waals surface area contributed by atoms with E-state index < -0.39 is 17.5 Å². The average Bonchev–Trinajstić information content (AvgIpc) is 2.47. The molecule has 110 valence electrons. The van der Waals surface area contributed by atoms with Gasteiger partial charge in [0.25, 0.3) is 5.91 Å². The van der Waals surface area contributed by atoms with E-state index in [1.165, 1.54) is 6.07 Å². The van der Waals surface area contributed by atoms with Gasteiger partial charge in [-0.25, -0.2) is 8.78 Å². The molecule has 0 heterocycles. The molecule has 4 nitrogen and oxygen atoms in total. The third-order valence-corrected chi connectivity index (χ3v) is 2.70. The van der Waals surface area contributed by atoms with E-state index in [4.69, 9.17) is 10.5 Å². The molecule has 0 radical (unpaired) electrons. The third-order valence-electron chi connectivity index (χ3n) is 2.70. The van der Waals surface area contributed by atoms with Crippen molar-refractivity contribution in [2.24, 2.45) is 5.73 Å². The number of anilines is 1. The Morgan fingerprint density at radius 3 is 2.67 bits per heavy atom. The summed E-state index contributed by atoms with van der Waals surface area (Å²) in [5.41, 5.74) is 6.33. The lowest BCUT2D eigenvalue weighted by molar-refractivity contribution is -0.119. The molecule has 0 atom stereocenters. The number of hydrogen-bond donors (Lipinski definition) is 2. The third kappa shape index (κ3) is 4.45. The Hall–Kier alpha value is -2.63. The fourth-order valence-corrected chi connectivity index (χ4v) is 1.70. The van der Waals surface area contributed by atoms with E-state index in [0.717, 1.165) is 17.8 Å². The first kappa shape index (κ1) is 14.8. The number of rotatable bonds is 6. The highest BCUT2D eigenvalue weighted by molar-refractivity contribution is 5.75. The molecular weight excluding hydrogens is 278 g/mol. The summed E-state index contributed by atoms with van der Waals surface area (Å²) in [4.78, 5) is 10.6. The van der Waals surface area contributed by atoms with Crippen molar-refractivity contribution in [1.82, 2.24) is 0 Å². The van der Waals surface area contributed by atoms with E-state index in [9.17, 15) is 13.6 Å². The highest BCUT2D eigenvalue weighted by Gasteiger charge is 2.03. The van der Waals surface area contributed by atoms with Crippen LogP contribution < -0.4 is 15.8 Å². The molecule has 2 aromatic carbocycles. The van der Waals surface area contributed by atoms with E-state index >= 15 is 0 Å². The van der Waals surface area contributed by atoms with Gasteiger partial charge in [0.1, 0.15) is 5.75 Å². The fraction of sp³-hybridized carbons (Fsp3) is 0.133. The van der Waals surface area contributed by atoms with Crippen LogP contribution in [0.15, 0.2) is 42.5 Å². The molecule has 2 aromatic rings. The van der Waals surface area contributed by atoms with E-state index in [1.807, 2.05) is 0 Å². The summed E-state index contributed by atoms with van der Waals surface area (Å²) >= 11 is 0. The Morgan fingerprint density at radius 2 is 1.95 bits per heavy atom. The Morgan fingerprint density at radius 1 is 1.14 bits per heavy atom. The van der Waals surface area contributed by atoms with Crippen LogP contribution in [0.1, 0.15) is 5.56 Å². The fourth-order valence-electron chi connectivity index (χ4n) is 1.70. The smallest absolute Gasteiger partial charge is 0.255 e. The Balaban J connectivity index is 1.97. The molecule has 0 fully saturated rings. The highest BCUT2D eigenvalue weighted by atomic mass is 19.2. The van der Waals surface area contributed by atoms with Crippen LogP contribution in [0.3, 0.4) is 0 Å². The molecule has 0 aliphatic carbocycles. The quantitative estimate of drug-likeness (QED) is 0.859. The SMILES string of the molecule is NC(=O)COc1cccc(NCc2ccc(F)c(F)c2)c1. The lowest BCUT2D eigenvalue weighted by atomic mass is 10.2. The van der Waals surface area contributed by atoms with Crippen molar-refractivity contribution >= 4 is 11.6 Å². The molecule has 1 amide bonds. The topological polar surface area (TPSA) is 64.4 Å². The maximum atomic E-state index is 13.1. The number of benzene rings is 2. The number of carbonyl (C=O) groups is 1. The van der Waals surface area contributed by atoms with Crippen molar-refractivity contribution in [2.75, 3.05) is 11.9 Å². The minimum absolute atomic E-state index is 0.202. The number of nitrogens with two attached hydrogens (primary N) is 1. The second kappa shape index (κ2) is 6.69. The second-order valence-electron chi connectivity index (χ2n) is 4.38. The normalized spacial score (nSPS) is 10.2. The van der Waals surface area contributed by atoms with Crippen LogP contribution in [0.25, 0.3) is 0 Å². The summed E-state index contributed by atoms with van der Waals surface area (Å²) in [6, 6.07) is 10.6. The van der Waals surface area contributed by atoms with Crippen LogP contribution in [0, 0.1) is 11.6 Å². The van der Waals surface area contributed by atoms with Gasteiger partial charge >= 0.3 is 0 Å². The molecule has 0 spiro atoms. The van der Waals surface area contributed by atoms with Crippen LogP contribution in [0.4, 0.5) is 14.5 Å². The minimum atomic E-state index is -0.882. The molecule has 2 rings (SSSR count). The Kier molecular flexibility index (Phi) is 4.71. The van der Waals surface area contributed by atoms with Gasteiger partial charge in [-0.2, -0.15) is 0 Å². The van der Waals surface area contributed by atoms with Crippen LogP contribution in [-0.2, 0) is 11.3 Å². The molecular formula is C15H14F2N2O2. The van der Waals surface area contributed by atoms with E-state index in [-0.39, 0.29) is 6.61 Å². The van der Waals surface area contributed by atoms with E-state index in [2.05, 4.69) is 5.32 Å². The van der Waals surface area contributed by atoms with Crippen molar-refractivity contribution in [3.8, 4) is 5.75 Å². The van der Waals surface area contributed by atoms with Crippen molar-refractivity contribution < 1.29 is 18.3 Å². The summed E-state index contributed by atoms with van der Waals surface area (Å²) in [5.74, 6) is -1.83. The van der Waals surface area contributed by atoms with Gasteiger partial charge in [0.15, 0.2) is 18.2 Å². The highest BCUT2D eigenvalue weighted by Crippen LogP contribution is 2.18. The monoisotopic (exact) mass is 292 g/mol. The second-order valence-corrected chi connectivity index (χ2v) is 4.38. The van der Waals surface area contributed by atoms with Crippen LogP contribution >= 0.6 is 0 Å².